The lowest BCUT2D eigenvalue weighted by atomic mass is 10.1. The highest BCUT2D eigenvalue weighted by molar-refractivity contribution is 9.10. The van der Waals surface area contributed by atoms with Crippen LogP contribution in [0.1, 0.15) is 11.1 Å². The maximum Gasteiger partial charge on any atom is 0.230 e. The van der Waals surface area contributed by atoms with Crippen molar-refractivity contribution in [3.63, 3.8) is 0 Å². The molecule has 1 aromatic heterocycles. The quantitative estimate of drug-likeness (QED) is 0.422. The molecule has 1 heterocycles. The number of aryl methyl sites for hydroxylation is 1. The molecule has 1 N–H and O–H groups in total. The summed E-state index contributed by atoms with van der Waals surface area (Å²) in [4.78, 5) is 8.79. The molecular weight excluding hydrogens is 416 g/mol. The van der Waals surface area contributed by atoms with Crippen molar-refractivity contribution in [2.75, 3.05) is 5.32 Å². The van der Waals surface area contributed by atoms with Gasteiger partial charge in [-0.3, -0.25) is 0 Å². The summed E-state index contributed by atoms with van der Waals surface area (Å²) in [6, 6.07) is 21.1. The molecule has 136 valence electrons. The van der Waals surface area contributed by atoms with Gasteiger partial charge in [-0.2, -0.15) is 10.2 Å². The fourth-order valence-electron chi connectivity index (χ4n) is 2.74. The lowest BCUT2D eigenvalue weighted by molar-refractivity contribution is 0.459. The molecule has 0 aliphatic heterocycles. The first-order valence-corrected chi connectivity index (χ1v) is 9.38. The normalized spacial score (nSPS) is 10.5. The van der Waals surface area contributed by atoms with Gasteiger partial charge in [-0.05, 0) is 66.2 Å². The maximum absolute atomic E-state index is 8.89. The number of aromatic nitrogens is 2. The van der Waals surface area contributed by atoms with E-state index in [0.717, 1.165) is 26.5 Å². The molecule has 6 heteroatoms. The average Bonchev–Trinajstić information content (AvgIpc) is 2.71. The van der Waals surface area contributed by atoms with Gasteiger partial charge in [-0.15, -0.1) is 0 Å². The standard InChI is InChI=1S/C22H15BrN4O/c1-14-13-25-22(26-17-7-5-15(12-24)6-8-17)27-21(14)28-18-9-10-19-16(11-18)3-2-4-20(19)23/h2-11,13H,1H3,(H,25,26,27). The second-order valence-corrected chi connectivity index (χ2v) is 7.08. The molecule has 0 bridgehead atoms. The molecule has 0 saturated heterocycles. The molecule has 0 atom stereocenters. The van der Waals surface area contributed by atoms with Gasteiger partial charge >= 0.3 is 0 Å². The van der Waals surface area contributed by atoms with E-state index in [1.165, 1.54) is 0 Å². The number of rotatable bonds is 4. The van der Waals surface area contributed by atoms with Crippen LogP contribution in [-0.4, -0.2) is 9.97 Å². The van der Waals surface area contributed by atoms with Crippen molar-refractivity contribution in [1.82, 2.24) is 9.97 Å². The Kier molecular flexibility index (Phi) is 4.92. The van der Waals surface area contributed by atoms with Gasteiger partial charge in [0, 0.05) is 21.9 Å². The third kappa shape index (κ3) is 3.80. The number of fused-ring (bicyclic) bond motifs is 1. The van der Waals surface area contributed by atoms with E-state index in [2.05, 4.69) is 37.3 Å². The highest BCUT2D eigenvalue weighted by Crippen LogP contribution is 2.30. The summed E-state index contributed by atoms with van der Waals surface area (Å²) in [6.07, 6.45) is 1.71. The Bertz CT molecular complexity index is 1200. The lowest BCUT2D eigenvalue weighted by Gasteiger charge is -2.11. The van der Waals surface area contributed by atoms with Crippen LogP contribution < -0.4 is 10.1 Å². The van der Waals surface area contributed by atoms with Crippen molar-refractivity contribution in [2.45, 2.75) is 6.92 Å². The first kappa shape index (κ1) is 18.0. The van der Waals surface area contributed by atoms with Gasteiger partial charge in [0.2, 0.25) is 11.8 Å². The zero-order valence-electron chi connectivity index (χ0n) is 15.0. The smallest absolute Gasteiger partial charge is 0.230 e. The Balaban J connectivity index is 1.59. The minimum absolute atomic E-state index is 0.425. The molecule has 4 aromatic rings. The van der Waals surface area contributed by atoms with Crippen LogP contribution in [0.15, 0.2) is 71.3 Å². The molecule has 0 saturated carbocycles. The molecule has 0 fully saturated rings. The number of ether oxygens (including phenoxy) is 1. The minimum atomic E-state index is 0.425. The van der Waals surface area contributed by atoms with Crippen molar-refractivity contribution in [1.29, 1.82) is 5.26 Å². The van der Waals surface area contributed by atoms with Gasteiger partial charge < -0.3 is 10.1 Å². The number of hydrogen-bond acceptors (Lipinski definition) is 5. The first-order valence-electron chi connectivity index (χ1n) is 8.59. The second-order valence-electron chi connectivity index (χ2n) is 6.22. The fraction of sp³-hybridized carbons (Fsp3) is 0.0455. The second kappa shape index (κ2) is 7.67. The molecule has 0 unspecified atom stereocenters. The number of benzene rings is 3. The third-order valence-corrected chi connectivity index (χ3v) is 4.90. The number of halogens is 1. The zero-order valence-corrected chi connectivity index (χ0v) is 16.6. The number of hydrogen-bond donors (Lipinski definition) is 1. The Morgan fingerprint density at radius 3 is 2.68 bits per heavy atom. The summed E-state index contributed by atoms with van der Waals surface area (Å²) in [5, 5.41) is 14.2. The van der Waals surface area contributed by atoms with E-state index < -0.39 is 0 Å². The van der Waals surface area contributed by atoms with Gasteiger partial charge in [-0.1, -0.05) is 28.1 Å². The Morgan fingerprint density at radius 2 is 1.89 bits per heavy atom. The predicted molar refractivity (Wildman–Crippen MR) is 113 cm³/mol. The van der Waals surface area contributed by atoms with Crippen LogP contribution in [0.25, 0.3) is 10.8 Å². The highest BCUT2D eigenvalue weighted by Gasteiger charge is 2.08. The van der Waals surface area contributed by atoms with Gasteiger partial charge in [0.1, 0.15) is 5.75 Å². The SMILES string of the molecule is Cc1cnc(Nc2ccc(C#N)cc2)nc1Oc1ccc2c(Br)cccc2c1. The number of nitriles is 1. The summed E-state index contributed by atoms with van der Waals surface area (Å²) < 4.78 is 7.07. The van der Waals surface area contributed by atoms with Crippen LogP contribution in [0.5, 0.6) is 11.6 Å². The van der Waals surface area contributed by atoms with E-state index >= 15 is 0 Å². The topological polar surface area (TPSA) is 70.8 Å². The van der Waals surface area contributed by atoms with Crippen molar-refractivity contribution in [3.05, 3.63) is 82.5 Å². The van der Waals surface area contributed by atoms with Crippen molar-refractivity contribution in [3.8, 4) is 17.7 Å². The number of nitrogens with zero attached hydrogens (tertiary/aromatic N) is 3. The third-order valence-electron chi connectivity index (χ3n) is 4.21. The molecular formula is C22H15BrN4O. The molecule has 3 aromatic carbocycles. The summed E-state index contributed by atoms with van der Waals surface area (Å²) in [6.45, 7) is 1.90. The van der Waals surface area contributed by atoms with Gasteiger partial charge in [-0.25, -0.2) is 4.98 Å². The molecule has 0 aliphatic rings. The van der Waals surface area contributed by atoms with E-state index in [0.29, 0.717) is 23.1 Å². The minimum Gasteiger partial charge on any atom is -0.439 e. The van der Waals surface area contributed by atoms with Crippen LogP contribution in [-0.2, 0) is 0 Å². The van der Waals surface area contributed by atoms with E-state index in [1.54, 1.807) is 18.3 Å². The monoisotopic (exact) mass is 430 g/mol. The first-order chi connectivity index (χ1) is 13.6. The van der Waals surface area contributed by atoms with E-state index in [9.17, 15) is 0 Å². The average molecular weight is 431 g/mol. The van der Waals surface area contributed by atoms with Crippen LogP contribution in [0, 0.1) is 18.3 Å². The fourth-order valence-corrected chi connectivity index (χ4v) is 3.26. The largest absolute Gasteiger partial charge is 0.439 e. The Morgan fingerprint density at radius 1 is 1.07 bits per heavy atom. The van der Waals surface area contributed by atoms with Crippen molar-refractivity contribution < 1.29 is 4.74 Å². The van der Waals surface area contributed by atoms with E-state index in [1.807, 2.05) is 55.5 Å². The van der Waals surface area contributed by atoms with Crippen LogP contribution in [0.4, 0.5) is 11.6 Å². The maximum atomic E-state index is 8.89. The zero-order chi connectivity index (χ0) is 19.5. The molecule has 5 nitrogen and oxygen atoms in total. The highest BCUT2D eigenvalue weighted by atomic mass is 79.9. The molecule has 28 heavy (non-hydrogen) atoms. The number of anilines is 2. The summed E-state index contributed by atoms with van der Waals surface area (Å²) >= 11 is 3.56. The molecule has 0 spiro atoms. The summed E-state index contributed by atoms with van der Waals surface area (Å²) in [7, 11) is 0. The molecule has 4 rings (SSSR count). The summed E-state index contributed by atoms with van der Waals surface area (Å²) in [5.41, 5.74) is 2.23. The lowest BCUT2D eigenvalue weighted by Crippen LogP contribution is -2.00. The van der Waals surface area contributed by atoms with Crippen molar-refractivity contribution >= 4 is 38.3 Å². The van der Waals surface area contributed by atoms with Crippen LogP contribution >= 0.6 is 15.9 Å². The van der Waals surface area contributed by atoms with Gasteiger partial charge in [0.15, 0.2) is 0 Å². The van der Waals surface area contributed by atoms with Gasteiger partial charge in [0.25, 0.3) is 0 Å². The van der Waals surface area contributed by atoms with Crippen molar-refractivity contribution in [2.24, 2.45) is 0 Å². The molecule has 0 amide bonds. The predicted octanol–water partition coefficient (Wildman–Crippen LogP) is 6.11. The van der Waals surface area contributed by atoms with Crippen LogP contribution in [0.2, 0.25) is 0 Å². The van der Waals surface area contributed by atoms with Gasteiger partial charge in [0.05, 0.1) is 11.6 Å². The summed E-state index contributed by atoms with van der Waals surface area (Å²) in [5.74, 6) is 1.62. The number of nitrogens with one attached hydrogen (secondary N) is 1. The van der Waals surface area contributed by atoms with E-state index in [-0.39, 0.29) is 0 Å². The molecule has 0 aliphatic carbocycles. The Labute approximate surface area is 170 Å². The van der Waals surface area contributed by atoms with Crippen LogP contribution in [0.3, 0.4) is 0 Å². The molecule has 0 radical (unpaired) electrons. The Hall–Kier alpha value is -3.43. The van der Waals surface area contributed by atoms with E-state index in [4.69, 9.17) is 10.00 Å².